The smallest absolute Gasteiger partial charge is 0.0690 e. The number of pyridine rings is 1. The summed E-state index contributed by atoms with van der Waals surface area (Å²) in [5.41, 5.74) is 3.76. The zero-order valence-electron chi connectivity index (χ0n) is 7.41. The maximum atomic E-state index is 4.24. The summed E-state index contributed by atoms with van der Waals surface area (Å²) in [5, 5.41) is 4.24. The molecule has 0 aliphatic rings. The van der Waals surface area contributed by atoms with Gasteiger partial charge in [-0.2, -0.15) is 5.10 Å². The Balaban J connectivity index is 2.69. The van der Waals surface area contributed by atoms with Crippen molar-refractivity contribution < 1.29 is 0 Å². The predicted molar refractivity (Wildman–Crippen MR) is 49.3 cm³/mol. The van der Waals surface area contributed by atoms with Crippen LogP contribution in [0, 0.1) is 6.92 Å². The Bertz CT molecular complexity index is 401. The minimum Gasteiger partial charge on any atom is -0.240 e. The van der Waals surface area contributed by atoms with Gasteiger partial charge < -0.3 is 0 Å². The van der Waals surface area contributed by atoms with E-state index < -0.39 is 0 Å². The molecule has 0 aromatic carbocycles. The highest BCUT2D eigenvalue weighted by Crippen LogP contribution is 2.10. The summed E-state index contributed by atoms with van der Waals surface area (Å²) < 4.78 is 1.94. The van der Waals surface area contributed by atoms with Gasteiger partial charge >= 0.3 is 0 Å². The average Bonchev–Trinajstić information content (AvgIpc) is 2.47. The van der Waals surface area contributed by atoms with Crippen molar-refractivity contribution in [3.05, 3.63) is 35.7 Å². The third kappa shape index (κ3) is 0.998. The number of fused-ring (bicyclic) bond motifs is 1. The van der Waals surface area contributed by atoms with Gasteiger partial charge in [0.2, 0.25) is 0 Å². The Hall–Kier alpha value is -1.31. The van der Waals surface area contributed by atoms with E-state index >= 15 is 0 Å². The van der Waals surface area contributed by atoms with Gasteiger partial charge in [-0.15, -0.1) is 0 Å². The lowest BCUT2D eigenvalue weighted by Gasteiger charge is -1.97. The topological polar surface area (TPSA) is 17.3 Å². The fourth-order valence-electron chi connectivity index (χ4n) is 1.36. The van der Waals surface area contributed by atoms with Crippen LogP contribution in [0.3, 0.4) is 0 Å². The number of hydrogen-bond donors (Lipinski definition) is 0. The molecule has 2 rings (SSSR count). The van der Waals surface area contributed by atoms with E-state index in [4.69, 9.17) is 0 Å². The molecule has 2 heteroatoms. The van der Waals surface area contributed by atoms with Gasteiger partial charge in [0.05, 0.1) is 11.7 Å². The second-order valence-electron chi connectivity index (χ2n) is 3.05. The molecule has 0 spiro atoms. The Kier molecular flexibility index (Phi) is 1.61. The first-order valence-electron chi connectivity index (χ1n) is 4.24. The van der Waals surface area contributed by atoms with Gasteiger partial charge in [-0.1, -0.05) is 13.0 Å². The summed E-state index contributed by atoms with van der Waals surface area (Å²) >= 11 is 0. The first-order chi connectivity index (χ1) is 5.81. The molecule has 0 bridgehead atoms. The maximum Gasteiger partial charge on any atom is 0.0690 e. The summed E-state index contributed by atoms with van der Waals surface area (Å²) in [6.45, 7) is 4.23. The van der Waals surface area contributed by atoms with Gasteiger partial charge in [0.15, 0.2) is 0 Å². The molecule has 2 heterocycles. The quantitative estimate of drug-likeness (QED) is 0.625. The van der Waals surface area contributed by atoms with Crippen LogP contribution in [0.4, 0.5) is 0 Å². The number of aromatic nitrogens is 2. The minimum atomic E-state index is 1.06. The van der Waals surface area contributed by atoms with E-state index in [1.165, 1.54) is 16.6 Å². The molecule has 0 atom stereocenters. The first-order valence-corrected chi connectivity index (χ1v) is 4.24. The number of hydrogen-bond acceptors (Lipinski definition) is 1. The van der Waals surface area contributed by atoms with E-state index in [0.717, 1.165) is 6.42 Å². The van der Waals surface area contributed by atoms with Crippen LogP contribution < -0.4 is 0 Å². The van der Waals surface area contributed by atoms with E-state index in [1.807, 2.05) is 10.7 Å². The van der Waals surface area contributed by atoms with Gasteiger partial charge in [-0.3, -0.25) is 0 Å². The SMILES string of the molecule is CCc1ccc2c(C)cnn2c1. The predicted octanol–water partition coefficient (Wildman–Crippen LogP) is 2.21. The standard InChI is InChI=1S/C10H12N2/c1-3-9-4-5-10-8(2)6-11-12(10)7-9/h4-7H,3H2,1-2H3. The molecule has 0 radical (unpaired) electrons. The molecule has 0 aliphatic carbocycles. The van der Waals surface area contributed by atoms with Crippen molar-refractivity contribution in [2.24, 2.45) is 0 Å². The number of aryl methyl sites for hydroxylation is 2. The van der Waals surface area contributed by atoms with Crippen molar-refractivity contribution in [1.29, 1.82) is 0 Å². The monoisotopic (exact) mass is 160 g/mol. The zero-order chi connectivity index (χ0) is 8.55. The molecule has 12 heavy (non-hydrogen) atoms. The fraction of sp³-hybridized carbons (Fsp3) is 0.300. The van der Waals surface area contributed by atoms with E-state index in [9.17, 15) is 0 Å². The Morgan fingerprint density at radius 3 is 3.00 bits per heavy atom. The lowest BCUT2D eigenvalue weighted by atomic mass is 10.2. The lowest BCUT2D eigenvalue weighted by molar-refractivity contribution is 0.936. The van der Waals surface area contributed by atoms with Crippen molar-refractivity contribution in [2.75, 3.05) is 0 Å². The molecule has 0 aliphatic heterocycles. The summed E-state index contributed by atoms with van der Waals surface area (Å²) in [6.07, 6.45) is 5.05. The molecule has 0 N–H and O–H groups in total. The van der Waals surface area contributed by atoms with Crippen LogP contribution in [0.25, 0.3) is 5.52 Å². The van der Waals surface area contributed by atoms with Gasteiger partial charge in [-0.05, 0) is 30.5 Å². The number of rotatable bonds is 1. The van der Waals surface area contributed by atoms with Gasteiger partial charge in [0, 0.05) is 6.20 Å². The van der Waals surface area contributed by atoms with E-state index in [2.05, 4.69) is 37.3 Å². The van der Waals surface area contributed by atoms with Crippen LogP contribution in [0.1, 0.15) is 18.1 Å². The molecule has 0 saturated carbocycles. The fourth-order valence-corrected chi connectivity index (χ4v) is 1.36. The highest BCUT2D eigenvalue weighted by atomic mass is 15.2. The molecule has 0 amide bonds. The van der Waals surface area contributed by atoms with Crippen molar-refractivity contribution in [2.45, 2.75) is 20.3 Å². The minimum absolute atomic E-state index is 1.06. The third-order valence-electron chi connectivity index (χ3n) is 2.18. The van der Waals surface area contributed by atoms with E-state index in [-0.39, 0.29) is 0 Å². The summed E-state index contributed by atoms with van der Waals surface area (Å²) in [6, 6.07) is 4.28. The molecular formula is C10H12N2. The molecular weight excluding hydrogens is 148 g/mol. The van der Waals surface area contributed by atoms with Crippen LogP contribution in [0.5, 0.6) is 0 Å². The highest BCUT2D eigenvalue weighted by Gasteiger charge is 1.98. The Morgan fingerprint density at radius 2 is 2.25 bits per heavy atom. The molecule has 62 valence electrons. The molecule has 0 fully saturated rings. The largest absolute Gasteiger partial charge is 0.240 e. The van der Waals surface area contributed by atoms with Crippen LogP contribution in [0.15, 0.2) is 24.5 Å². The van der Waals surface area contributed by atoms with Crippen LogP contribution >= 0.6 is 0 Å². The second kappa shape index (κ2) is 2.63. The summed E-state index contributed by atoms with van der Waals surface area (Å²) in [5.74, 6) is 0. The molecule has 2 aromatic heterocycles. The van der Waals surface area contributed by atoms with Crippen molar-refractivity contribution >= 4 is 5.52 Å². The van der Waals surface area contributed by atoms with Gasteiger partial charge in [-0.25, -0.2) is 4.52 Å². The maximum absolute atomic E-state index is 4.24. The highest BCUT2D eigenvalue weighted by molar-refractivity contribution is 5.53. The van der Waals surface area contributed by atoms with Crippen LogP contribution in [0.2, 0.25) is 0 Å². The van der Waals surface area contributed by atoms with Crippen LogP contribution in [-0.2, 0) is 6.42 Å². The Labute approximate surface area is 71.8 Å². The Morgan fingerprint density at radius 1 is 1.42 bits per heavy atom. The molecule has 2 aromatic rings. The second-order valence-corrected chi connectivity index (χ2v) is 3.05. The molecule has 0 unspecified atom stereocenters. The van der Waals surface area contributed by atoms with Crippen LogP contribution in [-0.4, -0.2) is 9.61 Å². The van der Waals surface area contributed by atoms with Gasteiger partial charge in [0.25, 0.3) is 0 Å². The summed E-state index contributed by atoms with van der Waals surface area (Å²) in [4.78, 5) is 0. The van der Waals surface area contributed by atoms with Gasteiger partial charge in [0.1, 0.15) is 0 Å². The van der Waals surface area contributed by atoms with Crippen molar-refractivity contribution in [1.82, 2.24) is 9.61 Å². The van der Waals surface area contributed by atoms with E-state index in [1.54, 1.807) is 0 Å². The summed E-state index contributed by atoms with van der Waals surface area (Å²) in [7, 11) is 0. The van der Waals surface area contributed by atoms with Crippen molar-refractivity contribution in [3.63, 3.8) is 0 Å². The average molecular weight is 160 g/mol. The zero-order valence-corrected chi connectivity index (χ0v) is 7.41. The molecule has 2 nitrogen and oxygen atoms in total. The molecule has 0 saturated heterocycles. The lowest BCUT2D eigenvalue weighted by Crippen LogP contribution is -1.89. The number of nitrogens with zero attached hydrogens (tertiary/aromatic N) is 2. The first kappa shape index (κ1) is 7.35. The van der Waals surface area contributed by atoms with E-state index in [0.29, 0.717) is 0 Å². The van der Waals surface area contributed by atoms with Crippen molar-refractivity contribution in [3.8, 4) is 0 Å². The third-order valence-corrected chi connectivity index (χ3v) is 2.18. The normalized spacial score (nSPS) is 10.8.